The van der Waals surface area contributed by atoms with E-state index in [1.807, 2.05) is 22.9 Å². The minimum absolute atomic E-state index is 0.115. The summed E-state index contributed by atoms with van der Waals surface area (Å²) in [4.78, 5) is 57.4. The largest absolute Gasteiger partial charge is 0.503 e. The first kappa shape index (κ1) is 40.1. The number of phenolic OH excluding ortho intramolecular Hbond substituents is 1. The number of imidazole rings is 1. The number of halogens is 3. The maximum absolute atomic E-state index is 14.2. The van der Waals surface area contributed by atoms with Crippen molar-refractivity contribution in [3.05, 3.63) is 111 Å². The van der Waals surface area contributed by atoms with Crippen molar-refractivity contribution in [2.45, 2.75) is 76.4 Å². The topological polar surface area (TPSA) is 156 Å². The van der Waals surface area contributed by atoms with Gasteiger partial charge >= 0.3 is 5.69 Å². The molecule has 1 aliphatic carbocycles. The van der Waals surface area contributed by atoms with Gasteiger partial charge in [-0.1, -0.05) is 24.3 Å². The van der Waals surface area contributed by atoms with E-state index >= 15 is 0 Å². The van der Waals surface area contributed by atoms with E-state index in [0.717, 1.165) is 104 Å². The standard InChI is InChI=1S/C45H45F3N8O5/c1-53-38-19-25(6-13-36(38)56(45(53)61)37-14-15-39(57)51-44(37)60)3-2-17-54-18-16-34-28(23-54)9-12-33(50-34)27-7-8-29-24-55(52-35(29)20-27)30-10-4-26(5-11-30)22-49-43(59)31-21-32(46)42(58)41(48)40(31)47/h6-9,12-13,19-21,24,26,30,37,58H,2-5,10-11,14-18,22-23H2,1H3,(H,49,59)(H,51,57,60). The fraction of sp³-hybridized carbons (Fsp3) is 0.378. The van der Waals surface area contributed by atoms with E-state index in [1.54, 1.807) is 11.6 Å². The summed E-state index contributed by atoms with van der Waals surface area (Å²) >= 11 is 0. The fourth-order valence-corrected chi connectivity index (χ4v) is 9.21. The summed E-state index contributed by atoms with van der Waals surface area (Å²) in [5.74, 6) is -7.78. The van der Waals surface area contributed by atoms with Crippen LogP contribution in [0.4, 0.5) is 13.2 Å². The number of aromatic hydroxyl groups is 1. The fourth-order valence-electron chi connectivity index (χ4n) is 9.21. The number of hydrogen-bond donors (Lipinski definition) is 3. The van der Waals surface area contributed by atoms with Gasteiger partial charge in [0, 0.05) is 62.4 Å². The molecule has 1 saturated heterocycles. The molecule has 16 heteroatoms. The van der Waals surface area contributed by atoms with E-state index in [2.05, 4.69) is 52.1 Å². The molecule has 3 aromatic heterocycles. The molecule has 0 bridgehead atoms. The van der Waals surface area contributed by atoms with Crippen molar-refractivity contribution < 1.29 is 32.7 Å². The van der Waals surface area contributed by atoms with Crippen molar-refractivity contribution in [3.63, 3.8) is 0 Å². The van der Waals surface area contributed by atoms with E-state index in [0.29, 0.717) is 18.0 Å². The predicted molar refractivity (Wildman–Crippen MR) is 220 cm³/mol. The summed E-state index contributed by atoms with van der Waals surface area (Å²) in [6.45, 7) is 2.88. The van der Waals surface area contributed by atoms with Crippen LogP contribution in [0.5, 0.6) is 5.75 Å². The van der Waals surface area contributed by atoms with Gasteiger partial charge in [0.15, 0.2) is 17.4 Å². The van der Waals surface area contributed by atoms with Crippen LogP contribution >= 0.6 is 0 Å². The van der Waals surface area contributed by atoms with Crippen LogP contribution in [0.1, 0.15) is 84.2 Å². The lowest BCUT2D eigenvalue weighted by atomic mass is 9.86. The van der Waals surface area contributed by atoms with Crippen LogP contribution in [-0.4, -0.2) is 71.3 Å². The minimum Gasteiger partial charge on any atom is -0.503 e. The number of imide groups is 1. The van der Waals surface area contributed by atoms with Crippen LogP contribution in [0.2, 0.25) is 0 Å². The van der Waals surface area contributed by atoms with Crippen LogP contribution in [0.15, 0.2) is 65.6 Å². The maximum Gasteiger partial charge on any atom is 0.329 e. The summed E-state index contributed by atoms with van der Waals surface area (Å²) in [5, 5.41) is 20.2. The number of nitrogens with zero attached hydrogens (tertiary/aromatic N) is 6. The second-order valence-corrected chi connectivity index (χ2v) is 16.6. The highest BCUT2D eigenvalue weighted by Gasteiger charge is 2.32. The Labute approximate surface area is 348 Å². The molecule has 5 heterocycles. The molecule has 3 aromatic carbocycles. The highest BCUT2D eigenvalue weighted by atomic mass is 19.2. The molecule has 3 aliphatic rings. The van der Waals surface area contributed by atoms with E-state index in [9.17, 15) is 37.5 Å². The first-order valence-corrected chi connectivity index (χ1v) is 20.8. The van der Waals surface area contributed by atoms with Crippen molar-refractivity contribution in [1.82, 2.24) is 39.4 Å². The zero-order valence-electron chi connectivity index (χ0n) is 33.6. The normalized spacial score (nSPS) is 19.6. The van der Waals surface area contributed by atoms with Gasteiger partial charge in [-0.3, -0.25) is 43.4 Å². The van der Waals surface area contributed by atoms with Crippen molar-refractivity contribution in [2.75, 3.05) is 19.6 Å². The van der Waals surface area contributed by atoms with Crippen LogP contribution in [0, 0.1) is 23.4 Å². The van der Waals surface area contributed by atoms with Gasteiger partial charge in [0.25, 0.3) is 5.91 Å². The lowest BCUT2D eigenvalue weighted by Crippen LogP contribution is -2.44. The molecule has 1 unspecified atom stereocenters. The molecular formula is C45H45F3N8O5. The Kier molecular flexibility index (Phi) is 10.7. The molecule has 13 nitrogen and oxygen atoms in total. The number of nitrogens with one attached hydrogen (secondary N) is 2. The summed E-state index contributed by atoms with van der Waals surface area (Å²) in [5.41, 5.74) is 6.62. The van der Waals surface area contributed by atoms with E-state index in [-0.39, 0.29) is 36.5 Å². The van der Waals surface area contributed by atoms with E-state index < -0.39 is 46.6 Å². The molecule has 1 atom stereocenters. The van der Waals surface area contributed by atoms with Gasteiger partial charge in [-0.25, -0.2) is 13.6 Å². The molecule has 3 N–H and O–H groups in total. The number of amides is 3. The molecule has 2 aliphatic heterocycles. The van der Waals surface area contributed by atoms with Gasteiger partial charge in [0.05, 0.1) is 33.8 Å². The Morgan fingerprint density at radius 1 is 0.934 bits per heavy atom. The Morgan fingerprint density at radius 2 is 1.75 bits per heavy atom. The Bertz CT molecular complexity index is 2790. The maximum atomic E-state index is 14.2. The van der Waals surface area contributed by atoms with E-state index in [1.165, 1.54) is 10.1 Å². The number of carbonyl (C=O) groups is 3. The number of piperidine rings is 1. The molecule has 0 radical (unpaired) electrons. The minimum atomic E-state index is -1.78. The van der Waals surface area contributed by atoms with Gasteiger partial charge in [0.2, 0.25) is 17.6 Å². The third-order valence-electron chi connectivity index (χ3n) is 12.7. The molecule has 316 valence electrons. The SMILES string of the molecule is Cn1c(=O)n(C2CCC(=O)NC2=O)c2ccc(CCCN3CCc4nc(-c5ccc6cn(C7CCC(CNC(=O)c8cc(F)c(O)c(F)c8F)CC7)nc6c5)ccc4C3)cc21. The van der Waals surface area contributed by atoms with Crippen LogP contribution in [0.25, 0.3) is 33.2 Å². The zero-order valence-corrected chi connectivity index (χ0v) is 33.6. The van der Waals surface area contributed by atoms with Crippen LogP contribution in [0.3, 0.4) is 0 Å². The number of hydrogen-bond acceptors (Lipinski definition) is 8. The molecule has 2 fully saturated rings. The number of rotatable bonds is 10. The van der Waals surface area contributed by atoms with Gasteiger partial charge in [-0.05, 0) is 98.9 Å². The molecule has 9 rings (SSSR count). The summed E-state index contributed by atoms with van der Waals surface area (Å²) in [6, 6.07) is 16.4. The molecule has 3 amide bonds. The molecule has 1 saturated carbocycles. The first-order valence-electron chi connectivity index (χ1n) is 20.8. The van der Waals surface area contributed by atoms with Crippen molar-refractivity contribution in [1.29, 1.82) is 0 Å². The van der Waals surface area contributed by atoms with Crippen LogP contribution in [-0.2, 0) is 36.0 Å². The van der Waals surface area contributed by atoms with Crippen molar-refractivity contribution in [3.8, 4) is 17.0 Å². The average Bonchev–Trinajstić information content (AvgIpc) is 3.80. The summed E-state index contributed by atoms with van der Waals surface area (Å²) in [7, 11) is 1.71. The molecule has 0 spiro atoms. The Morgan fingerprint density at radius 3 is 2.56 bits per heavy atom. The lowest BCUT2D eigenvalue weighted by Gasteiger charge is -2.28. The number of phenols is 1. The third-order valence-corrected chi connectivity index (χ3v) is 12.7. The van der Waals surface area contributed by atoms with Gasteiger partial charge in [-0.2, -0.15) is 9.49 Å². The quantitative estimate of drug-likeness (QED) is 0.112. The monoisotopic (exact) mass is 834 g/mol. The predicted octanol–water partition coefficient (Wildman–Crippen LogP) is 6.00. The van der Waals surface area contributed by atoms with Crippen molar-refractivity contribution in [2.24, 2.45) is 13.0 Å². The summed E-state index contributed by atoms with van der Waals surface area (Å²) < 4.78 is 46.7. The number of aromatic nitrogens is 5. The molecule has 6 aromatic rings. The van der Waals surface area contributed by atoms with Crippen molar-refractivity contribution >= 4 is 39.7 Å². The smallest absolute Gasteiger partial charge is 0.329 e. The second kappa shape index (κ2) is 16.3. The Balaban J connectivity index is 0.776. The highest BCUT2D eigenvalue weighted by molar-refractivity contribution is 6.00. The highest BCUT2D eigenvalue weighted by Crippen LogP contribution is 2.34. The Hall–Kier alpha value is -6.29. The van der Waals surface area contributed by atoms with Gasteiger partial charge in [0.1, 0.15) is 6.04 Å². The number of fused-ring (bicyclic) bond motifs is 3. The van der Waals surface area contributed by atoms with Gasteiger partial charge in [-0.15, -0.1) is 0 Å². The molecule has 61 heavy (non-hydrogen) atoms. The number of benzene rings is 3. The summed E-state index contributed by atoms with van der Waals surface area (Å²) in [6.07, 6.45) is 8.41. The van der Waals surface area contributed by atoms with Crippen LogP contribution < -0.4 is 16.3 Å². The molecular weight excluding hydrogens is 790 g/mol. The zero-order chi connectivity index (χ0) is 42.5. The number of aryl methyl sites for hydroxylation is 2. The second-order valence-electron chi connectivity index (χ2n) is 16.6. The van der Waals surface area contributed by atoms with E-state index in [4.69, 9.17) is 10.1 Å². The number of pyridine rings is 1. The average molecular weight is 835 g/mol. The third kappa shape index (κ3) is 7.80. The first-order chi connectivity index (χ1) is 29.4. The van der Waals surface area contributed by atoms with Gasteiger partial charge < -0.3 is 10.4 Å². The number of carbonyl (C=O) groups excluding carboxylic acids is 3. The lowest BCUT2D eigenvalue weighted by molar-refractivity contribution is -0.135.